The molecule has 0 aliphatic heterocycles. The predicted octanol–water partition coefficient (Wildman–Crippen LogP) is 4.88. The number of imidazole rings is 1. The van der Waals surface area contributed by atoms with Gasteiger partial charge in [0, 0.05) is 41.9 Å². The number of nitrogens with zero attached hydrogens (tertiary/aromatic N) is 2. The molecule has 0 radical (unpaired) electrons. The van der Waals surface area contributed by atoms with Crippen molar-refractivity contribution in [2.75, 3.05) is 0 Å². The number of esters is 1. The van der Waals surface area contributed by atoms with Crippen molar-refractivity contribution in [3.63, 3.8) is 0 Å². The fourth-order valence-corrected chi connectivity index (χ4v) is 8.31. The highest BCUT2D eigenvalue weighted by Gasteiger charge is 2.62. The molecule has 0 amide bonds. The molecule has 30 heavy (non-hydrogen) atoms. The van der Waals surface area contributed by atoms with Crippen LogP contribution in [0.1, 0.15) is 72.1 Å². The Morgan fingerprint density at radius 3 is 2.73 bits per heavy atom. The summed E-state index contributed by atoms with van der Waals surface area (Å²) in [6, 6.07) is 0. The smallest absolute Gasteiger partial charge is 0.302 e. The molecule has 5 rings (SSSR count). The average molecular weight is 411 g/mol. The highest BCUT2D eigenvalue weighted by Crippen LogP contribution is 2.68. The zero-order valence-electron chi connectivity index (χ0n) is 18.5. The highest BCUT2D eigenvalue weighted by molar-refractivity contribution is 5.86. The van der Waals surface area contributed by atoms with E-state index >= 15 is 0 Å². The first kappa shape index (κ1) is 20.0. The van der Waals surface area contributed by atoms with Crippen LogP contribution in [0.5, 0.6) is 0 Å². The lowest BCUT2D eigenvalue weighted by Crippen LogP contribution is -2.57. The molecule has 7 atom stereocenters. The Labute approximate surface area is 179 Å². The molecule has 1 aromatic rings. The standard InChI is InChI=1S/C25H34N2O3/c1-16(29)30-22-13-18-19(24(2)8-5-4-6-20(22)24)7-9-25(3)21(18)12-17(14-28)23(25)27-11-10-26-15-27/h10-11,14-15,18-22H,4-9,12-13H2,1-3H3/t18-,19+,20?,21+,22?,24-,25+/m1/s1. The van der Waals surface area contributed by atoms with Crippen LogP contribution in [0.4, 0.5) is 0 Å². The molecule has 1 aromatic heterocycles. The van der Waals surface area contributed by atoms with Crippen LogP contribution in [0.15, 0.2) is 24.3 Å². The number of ether oxygens (including phenoxy) is 1. The lowest BCUT2D eigenvalue weighted by molar-refractivity contribution is -0.180. The van der Waals surface area contributed by atoms with E-state index < -0.39 is 0 Å². The van der Waals surface area contributed by atoms with Crippen LogP contribution in [0.2, 0.25) is 0 Å². The summed E-state index contributed by atoms with van der Waals surface area (Å²) in [5.74, 6) is 1.90. The van der Waals surface area contributed by atoms with Gasteiger partial charge in [-0.25, -0.2) is 4.98 Å². The minimum atomic E-state index is -0.151. The molecule has 4 aliphatic carbocycles. The number of carbonyl (C=O) groups excluding carboxylic acids is 2. The van der Waals surface area contributed by atoms with Crippen LogP contribution in [0.3, 0.4) is 0 Å². The van der Waals surface area contributed by atoms with E-state index in [4.69, 9.17) is 4.74 Å². The minimum absolute atomic E-state index is 0.0216. The SMILES string of the molecule is CC(=O)OC1C[C@@H]2[C@H](CC[C@]3(C)C(n4ccnc4)=C(C=O)C[C@@H]23)[C@@]2(C)CCCCC12. The molecule has 3 fully saturated rings. The summed E-state index contributed by atoms with van der Waals surface area (Å²) >= 11 is 0. The molecule has 4 aliphatic rings. The van der Waals surface area contributed by atoms with Gasteiger partial charge in [-0.1, -0.05) is 26.7 Å². The Morgan fingerprint density at radius 2 is 2.03 bits per heavy atom. The largest absolute Gasteiger partial charge is 0.462 e. The first-order chi connectivity index (χ1) is 14.4. The first-order valence-corrected chi connectivity index (χ1v) is 11.7. The molecular formula is C25H34N2O3. The predicted molar refractivity (Wildman–Crippen MR) is 114 cm³/mol. The van der Waals surface area contributed by atoms with Crippen molar-refractivity contribution < 1.29 is 14.3 Å². The van der Waals surface area contributed by atoms with Gasteiger partial charge in [-0.15, -0.1) is 0 Å². The average Bonchev–Trinajstić information content (AvgIpc) is 3.32. The van der Waals surface area contributed by atoms with Crippen molar-refractivity contribution >= 4 is 18.0 Å². The fraction of sp³-hybridized carbons (Fsp3) is 0.720. The van der Waals surface area contributed by atoms with Crippen LogP contribution < -0.4 is 0 Å². The van der Waals surface area contributed by atoms with E-state index in [0.29, 0.717) is 23.7 Å². The number of fused-ring (bicyclic) bond motifs is 5. The molecular weight excluding hydrogens is 376 g/mol. The van der Waals surface area contributed by atoms with Gasteiger partial charge in [-0.2, -0.15) is 0 Å². The number of aldehydes is 1. The fourth-order valence-electron chi connectivity index (χ4n) is 8.31. The number of hydrogen-bond acceptors (Lipinski definition) is 4. The number of aromatic nitrogens is 2. The van der Waals surface area contributed by atoms with Crippen molar-refractivity contribution in [1.29, 1.82) is 0 Å². The van der Waals surface area contributed by atoms with Gasteiger partial charge >= 0.3 is 5.97 Å². The summed E-state index contributed by atoms with van der Waals surface area (Å²) in [4.78, 5) is 28.3. The topological polar surface area (TPSA) is 61.2 Å². The second kappa shape index (κ2) is 7.06. The van der Waals surface area contributed by atoms with Crippen LogP contribution in [-0.4, -0.2) is 27.9 Å². The highest BCUT2D eigenvalue weighted by atomic mass is 16.5. The molecule has 5 nitrogen and oxygen atoms in total. The Bertz CT molecular complexity index is 875. The molecule has 1 heterocycles. The van der Waals surface area contributed by atoms with E-state index in [2.05, 4.69) is 23.4 Å². The van der Waals surface area contributed by atoms with Crippen molar-refractivity contribution in [3.8, 4) is 0 Å². The summed E-state index contributed by atoms with van der Waals surface area (Å²) in [7, 11) is 0. The van der Waals surface area contributed by atoms with E-state index in [1.165, 1.54) is 32.1 Å². The Kier molecular flexibility index (Phi) is 4.71. The molecule has 0 aromatic carbocycles. The van der Waals surface area contributed by atoms with E-state index in [0.717, 1.165) is 36.8 Å². The van der Waals surface area contributed by atoms with Crippen LogP contribution in [0.25, 0.3) is 5.70 Å². The van der Waals surface area contributed by atoms with E-state index in [-0.39, 0.29) is 22.9 Å². The zero-order chi connectivity index (χ0) is 21.1. The molecule has 162 valence electrons. The third-order valence-corrected chi connectivity index (χ3v) is 9.46. The quantitative estimate of drug-likeness (QED) is 0.526. The van der Waals surface area contributed by atoms with E-state index in [9.17, 15) is 9.59 Å². The third kappa shape index (κ3) is 2.76. The monoisotopic (exact) mass is 410 g/mol. The molecule has 5 heteroatoms. The lowest BCUT2D eigenvalue weighted by atomic mass is 9.44. The minimum Gasteiger partial charge on any atom is -0.462 e. The summed E-state index contributed by atoms with van der Waals surface area (Å²) in [5.41, 5.74) is 2.29. The molecule has 3 saturated carbocycles. The number of allylic oxidation sites excluding steroid dienone is 2. The molecule has 0 N–H and O–H groups in total. The first-order valence-electron chi connectivity index (χ1n) is 11.7. The number of hydrogen-bond donors (Lipinski definition) is 0. The number of carbonyl (C=O) groups is 2. The van der Waals surface area contributed by atoms with Gasteiger partial charge in [0.15, 0.2) is 0 Å². The third-order valence-electron chi connectivity index (χ3n) is 9.46. The molecule has 0 saturated heterocycles. The van der Waals surface area contributed by atoms with E-state index in [1.807, 2.05) is 12.5 Å². The summed E-state index contributed by atoms with van der Waals surface area (Å²) in [6.45, 7) is 6.39. The van der Waals surface area contributed by atoms with Crippen LogP contribution in [-0.2, 0) is 14.3 Å². The van der Waals surface area contributed by atoms with Gasteiger partial charge in [-0.05, 0) is 61.7 Å². The van der Waals surface area contributed by atoms with Gasteiger partial charge in [0.2, 0.25) is 0 Å². The van der Waals surface area contributed by atoms with E-state index in [1.54, 1.807) is 13.1 Å². The van der Waals surface area contributed by atoms with Crippen molar-refractivity contribution in [1.82, 2.24) is 9.55 Å². The lowest BCUT2D eigenvalue weighted by Gasteiger charge is -2.61. The zero-order valence-corrected chi connectivity index (χ0v) is 18.5. The van der Waals surface area contributed by atoms with Gasteiger partial charge in [0.05, 0.1) is 6.33 Å². The summed E-state index contributed by atoms with van der Waals surface area (Å²) in [5, 5.41) is 0. The maximum absolute atomic E-state index is 12.1. The van der Waals surface area contributed by atoms with Gasteiger partial charge < -0.3 is 9.30 Å². The molecule has 0 spiro atoms. The molecule has 2 unspecified atom stereocenters. The Morgan fingerprint density at radius 1 is 1.20 bits per heavy atom. The molecule has 0 bridgehead atoms. The Balaban J connectivity index is 1.54. The van der Waals surface area contributed by atoms with Crippen molar-refractivity contribution in [2.45, 2.75) is 78.2 Å². The summed E-state index contributed by atoms with van der Waals surface area (Å²) in [6.07, 6.45) is 15.7. The van der Waals surface area contributed by atoms with Gasteiger partial charge in [-0.3, -0.25) is 9.59 Å². The van der Waals surface area contributed by atoms with Gasteiger partial charge in [0.25, 0.3) is 0 Å². The maximum atomic E-state index is 12.1. The summed E-state index contributed by atoms with van der Waals surface area (Å²) < 4.78 is 8.04. The Hall–Kier alpha value is -1.91. The maximum Gasteiger partial charge on any atom is 0.302 e. The second-order valence-corrected chi connectivity index (χ2v) is 10.7. The van der Waals surface area contributed by atoms with Crippen molar-refractivity contribution in [2.24, 2.45) is 34.5 Å². The normalized spacial score (nSPS) is 42.8. The van der Waals surface area contributed by atoms with Crippen LogP contribution >= 0.6 is 0 Å². The van der Waals surface area contributed by atoms with Gasteiger partial charge in [0.1, 0.15) is 12.4 Å². The second-order valence-electron chi connectivity index (χ2n) is 10.7. The number of rotatable bonds is 3. The van der Waals surface area contributed by atoms with Crippen molar-refractivity contribution in [3.05, 3.63) is 24.3 Å². The van der Waals surface area contributed by atoms with Crippen LogP contribution in [0, 0.1) is 34.5 Å².